The highest BCUT2D eigenvalue weighted by Gasteiger charge is 2.30. The molecule has 1 aliphatic heterocycles. The summed E-state index contributed by atoms with van der Waals surface area (Å²) in [6.07, 6.45) is 1.74. The van der Waals surface area contributed by atoms with Crippen molar-refractivity contribution in [2.45, 2.75) is 26.7 Å². The van der Waals surface area contributed by atoms with Crippen LogP contribution in [0.4, 0.5) is 0 Å². The molecule has 0 aromatic heterocycles. The Balaban J connectivity index is 1.57. The number of hydrogen-bond donors (Lipinski definition) is 0. The lowest BCUT2D eigenvalue weighted by Crippen LogP contribution is -2.08. The van der Waals surface area contributed by atoms with Crippen molar-refractivity contribution in [1.29, 1.82) is 0 Å². The van der Waals surface area contributed by atoms with Gasteiger partial charge in [0.2, 0.25) is 5.78 Å². The molecule has 0 bridgehead atoms. The number of ether oxygens (including phenoxy) is 2. The van der Waals surface area contributed by atoms with Crippen molar-refractivity contribution in [3.8, 4) is 11.5 Å². The number of allylic oxidation sites excluding steroid dienone is 1. The van der Waals surface area contributed by atoms with Crippen molar-refractivity contribution in [3.05, 3.63) is 98.7 Å². The van der Waals surface area contributed by atoms with Crippen LogP contribution in [0.15, 0.2) is 70.9 Å². The average Bonchev–Trinajstić information content (AvgIpc) is 3.04. The van der Waals surface area contributed by atoms with Gasteiger partial charge >= 0.3 is 5.97 Å². The molecule has 1 heterocycles. The number of halogens is 1. The van der Waals surface area contributed by atoms with Crippen LogP contribution in [-0.4, -0.2) is 11.8 Å². The summed E-state index contributed by atoms with van der Waals surface area (Å²) in [5.74, 6) is 0.778. The molecular formula is C26H21BrO4. The van der Waals surface area contributed by atoms with Gasteiger partial charge < -0.3 is 9.47 Å². The quantitative estimate of drug-likeness (QED) is 0.238. The maximum atomic E-state index is 12.9. The van der Waals surface area contributed by atoms with E-state index in [2.05, 4.69) is 41.9 Å². The Bertz CT molecular complexity index is 1190. The SMILES string of the molecule is Cc1cc(OC(=O)c2ccc(Br)cc2)cc2c1C(=O)/C(=C/c1ccc(C(C)C)cc1)O2. The Labute approximate surface area is 189 Å². The number of aryl methyl sites for hydroxylation is 1. The van der Waals surface area contributed by atoms with E-state index in [9.17, 15) is 9.59 Å². The molecule has 4 nitrogen and oxygen atoms in total. The third-order valence-corrected chi connectivity index (χ3v) is 5.66. The van der Waals surface area contributed by atoms with Gasteiger partial charge in [-0.05, 0) is 65.9 Å². The zero-order valence-electron chi connectivity index (χ0n) is 17.4. The zero-order chi connectivity index (χ0) is 22.1. The summed E-state index contributed by atoms with van der Waals surface area (Å²) in [4.78, 5) is 25.3. The minimum atomic E-state index is -0.475. The van der Waals surface area contributed by atoms with Crippen LogP contribution in [0.1, 0.15) is 57.2 Å². The topological polar surface area (TPSA) is 52.6 Å². The van der Waals surface area contributed by atoms with E-state index in [1.54, 1.807) is 49.4 Å². The fourth-order valence-corrected chi connectivity index (χ4v) is 3.68. The van der Waals surface area contributed by atoms with Crippen molar-refractivity contribution >= 4 is 33.8 Å². The Morgan fingerprint density at radius 3 is 2.35 bits per heavy atom. The molecule has 1 aliphatic rings. The van der Waals surface area contributed by atoms with Crippen molar-refractivity contribution in [2.75, 3.05) is 0 Å². The second kappa shape index (κ2) is 8.52. The van der Waals surface area contributed by atoms with Gasteiger partial charge in [0, 0.05) is 10.5 Å². The predicted octanol–water partition coefficient (Wildman–Crippen LogP) is 6.72. The van der Waals surface area contributed by atoms with Crippen molar-refractivity contribution in [2.24, 2.45) is 0 Å². The van der Waals surface area contributed by atoms with E-state index < -0.39 is 5.97 Å². The van der Waals surface area contributed by atoms with E-state index in [0.717, 1.165) is 10.0 Å². The van der Waals surface area contributed by atoms with Crippen LogP contribution in [0.25, 0.3) is 6.08 Å². The van der Waals surface area contributed by atoms with Gasteiger partial charge in [-0.25, -0.2) is 4.79 Å². The van der Waals surface area contributed by atoms with E-state index in [4.69, 9.17) is 9.47 Å². The van der Waals surface area contributed by atoms with Gasteiger partial charge in [-0.15, -0.1) is 0 Å². The summed E-state index contributed by atoms with van der Waals surface area (Å²) in [6, 6.07) is 18.2. The first-order valence-corrected chi connectivity index (χ1v) is 10.8. The van der Waals surface area contributed by atoms with Gasteiger partial charge in [0.05, 0.1) is 11.1 Å². The van der Waals surface area contributed by atoms with E-state index in [-0.39, 0.29) is 11.5 Å². The molecule has 0 saturated carbocycles. The molecule has 4 rings (SSSR count). The summed E-state index contributed by atoms with van der Waals surface area (Å²) in [7, 11) is 0. The molecule has 0 atom stereocenters. The molecule has 3 aromatic carbocycles. The number of benzene rings is 3. The van der Waals surface area contributed by atoms with Gasteiger partial charge in [-0.2, -0.15) is 0 Å². The molecule has 156 valence electrons. The number of esters is 1. The molecule has 5 heteroatoms. The first-order chi connectivity index (χ1) is 14.8. The largest absolute Gasteiger partial charge is 0.452 e. The first-order valence-electron chi connectivity index (χ1n) is 9.98. The van der Waals surface area contributed by atoms with Crippen LogP contribution in [-0.2, 0) is 0 Å². The van der Waals surface area contributed by atoms with Crippen LogP contribution in [0.2, 0.25) is 0 Å². The zero-order valence-corrected chi connectivity index (χ0v) is 19.0. The third kappa shape index (κ3) is 4.47. The van der Waals surface area contributed by atoms with Crippen molar-refractivity contribution in [1.82, 2.24) is 0 Å². The highest BCUT2D eigenvalue weighted by Crippen LogP contribution is 2.37. The molecule has 0 fully saturated rings. The minimum Gasteiger partial charge on any atom is -0.452 e. The number of carbonyl (C=O) groups is 2. The fraction of sp³-hybridized carbons (Fsp3) is 0.154. The Hall–Kier alpha value is -3.18. The first kappa shape index (κ1) is 21.1. The molecule has 31 heavy (non-hydrogen) atoms. The van der Waals surface area contributed by atoms with E-state index in [1.807, 2.05) is 12.1 Å². The maximum Gasteiger partial charge on any atom is 0.343 e. The Morgan fingerprint density at radius 2 is 1.71 bits per heavy atom. The van der Waals surface area contributed by atoms with E-state index >= 15 is 0 Å². The Kier molecular flexibility index (Phi) is 5.79. The molecular weight excluding hydrogens is 456 g/mol. The number of fused-ring (bicyclic) bond motifs is 1. The second-order valence-electron chi connectivity index (χ2n) is 7.77. The summed E-state index contributed by atoms with van der Waals surface area (Å²) < 4.78 is 12.2. The lowest BCUT2D eigenvalue weighted by atomic mass is 10.0. The van der Waals surface area contributed by atoms with Gasteiger partial charge in [0.15, 0.2) is 5.76 Å². The van der Waals surface area contributed by atoms with Crippen molar-refractivity contribution in [3.63, 3.8) is 0 Å². The van der Waals surface area contributed by atoms with Crippen LogP contribution >= 0.6 is 15.9 Å². The van der Waals surface area contributed by atoms with E-state index in [1.165, 1.54) is 5.56 Å². The monoisotopic (exact) mass is 476 g/mol. The number of carbonyl (C=O) groups excluding carboxylic acids is 2. The van der Waals surface area contributed by atoms with Gasteiger partial charge in [0.1, 0.15) is 11.5 Å². The third-order valence-electron chi connectivity index (χ3n) is 5.13. The molecule has 0 spiro atoms. The van der Waals surface area contributed by atoms with Crippen LogP contribution in [0, 0.1) is 6.92 Å². The normalized spacial score (nSPS) is 14.0. The minimum absolute atomic E-state index is 0.175. The highest BCUT2D eigenvalue weighted by atomic mass is 79.9. The summed E-state index contributed by atoms with van der Waals surface area (Å²) in [5, 5.41) is 0. The van der Waals surface area contributed by atoms with E-state index in [0.29, 0.717) is 34.1 Å². The summed E-state index contributed by atoms with van der Waals surface area (Å²) in [5.41, 5.74) is 3.74. The number of Topliss-reactive ketones (excluding diaryl/α,β-unsaturated/α-hetero) is 1. The van der Waals surface area contributed by atoms with Crippen molar-refractivity contribution < 1.29 is 19.1 Å². The van der Waals surface area contributed by atoms with Crippen LogP contribution in [0.5, 0.6) is 11.5 Å². The molecule has 3 aromatic rings. The molecule has 0 amide bonds. The standard InChI is InChI=1S/C26H21BrO4/c1-15(2)18-6-4-17(5-7-18)13-23-25(28)24-16(3)12-21(14-22(24)31-23)30-26(29)19-8-10-20(27)11-9-19/h4-15H,1-3H3/b23-13-. The van der Waals surface area contributed by atoms with Gasteiger partial charge in [-0.1, -0.05) is 54.0 Å². The number of hydrogen-bond acceptors (Lipinski definition) is 4. The number of ketones is 1. The lowest BCUT2D eigenvalue weighted by molar-refractivity contribution is 0.0734. The van der Waals surface area contributed by atoms with Gasteiger partial charge in [0.25, 0.3) is 0 Å². The molecule has 0 radical (unpaired) electrons. The van der Waals surface area contributed by atoms with Gasteiger partial charge in [-0.3, -0.25) is 4.79 Å². The maximum absolute atomic E-state index is 12.9. The van der Waals surface area contributed by atoms with Crippen LogP contribution < -0.4 is 9.47 Å². The summed E-state index contributed by atoms with van der Waals surface area (Å²) >= 11 is 3.34. The predicted molar refractivity (Wildman–Crippen MR) is 124 cm³/mol. The second-order valence-corrected chi connectivity index (χ2v) is 8.69. The van der Waals surface area contributed by atoms with Crippen LogP contribution in [0.3, 0.4) is 0 Å². The highest BCUT2D eigenvalue weighted by molar-refractivity contribution is 9.10. The Morgan fingerprint density at radius 1 is 1.03 bits per heavy atom. The molecule has 0 aliphatic carbocycles. The molecule has 0 N–H and O–H groups in total. The fourth-order valence-electron chi connectivity index (χ4n) is 3.42. The lowest BCUT2D eigenvalue weighted by Gasteiger charge is -2.08. The number of rotatable bonds is 4. The smallest absolute Gasteiger partial charge is 0.343 e. The summed E-state index contributed by atoms with van der Waals surface area (Å²) in [6.45, 7) is 6.08. The average molecular weight is 477 g/mol. The molecule has 0 saturated heterocycles. The molecule has 0 unspecified atom stereocenters.